The minimum Gasteiger partial charge on any atom is -0.356 e. The Morgan fingerprint density at radius 1 is 1.26 bits per heavy atom. The van der Waals surface area contributed by atoms with Gasteiger partial charge in [-0.3, -0.25) is 14.5 Å². The number of aromatic nitrogens is 2. The van der Waals surface area contributed by atoms with Crippen LogP contribution in [0.3, 0.4) is 0 Å². The third kappa shape index (κ3) is 5.32. The van der Waals surface area contributed by atoms with Gasteiger partial charge in [-0.2, -0.15) is 5.10 Å². The van der Waals surface area contributed by atoms with Crippen LogP contribution in [0.2, 0.25) is 0 Å². The highest BCUT2D eigenvalue weighted by Gasteiger charge is 2.10. The zero-order valence-electron chi connectivity index (χ0n) is 17.1. The number of guanidine groups is 1. The molecule has 2 aromatic rings. The largest absolute Gasteiger partial charge is 0.356 e. The van der Waals surface area contributed by atoms with E-state index in [1.165, 1.54) is 5.56 Å². The Bertz CT molecular complexity index is 822. The van der Waals surface area contributed by atoms with Crippen molar-refractivity contribution < 1.29 is 4.79 Å². The van der Waals surface area contributed by atoms with Crippen LogP contribution in [0.15, 0.2) is 29.3 Å². The Balaban J connectivity index is 1.88. The van der Waals surface area contributed by atoms with Gasteiger partial charge in [0.15, 0.2) is 5.96 Å². The number of carbonyl (C=O) groups excluding carboxylic acids is 1. The van der Waals surface area contributed by atoms with Gasteiger partial charge in [0.05, 0.1) is 5.69 Å². The molecule has 7 nitrogen and oxygen atoms in total. The average molecular weight is 371 g/mol. The molecule has 27 heavy (non-hydrogen) atoms. The molecule has 1 amide bonds. The van der Waals surface area contributed by atoms with Gasteiger partial charge in [0.2, 0.25) is 0 Å². The minimum atomic E-state index is 0.0181. The first kappa shape index (κ1) is 20.5. The van der Waals surface area contributed by atoms with Crippen LogP contribution in [0.1, 0.15) is 32.9 Å². The highest BCUT2D eigenvalue weighted by atomic mass is 16.2. The fourth-order valence-corrected chi connectivity index (χ4v) is 2.91. The van der Waals surface area contributed by atoms with Crippen molar-refractivity contribution in [3.63, 3.8) is 0 Å². The molecule has 0 aliphatic carbocycles. The standard InChI is InChI=1S/C20H30N6O/c1-14-18(15(2)26(6)24-14)13-23-20(21-3)22-11-10-16-8-7-9-17(12-16)19(27)25(4)5/h7-9,12H,10-11,13H2,1-6H3,(H2,21,22,23). The van der Waals surface area contributed by atoms with Gasteiger partial charge >= 0.3 is 0 Å². The molecule has 2 rings (SSSR count). The number of rotatable bonds is 6. The second kappa shape index (κ2) is 9.21. The summed E-state index contributed by atoms with van der Waals surface area (Å²) in [5, 5.41) is 11.1. The van der Waals surface area contributed by atoms with Gasteiger partial charge < -0.3 is 15.5 Å². The molecule has 0 aliphatic heterocycles. The fraction of sp³-hybridized carbons (Fsp3) is 0.450. The number of aryl methyl sites for hydroxylation is 2. The number of amides is 1. The highest BCUT2D eigenvalue weighted by molar-refractivity contribution is 5.94. The van der Waals surface area contributed by atoms with Crippen LogP contribution >= 0.6 is 0 Å². The first-order valence-electron chi connectivity index (χ1n) is 9.07. The van der Waals surface area contributed by atoms with Gasteiger partial charge in [-0.15, -0.1) is 0 Å². The maximum atomic E-state index is 12.1. The Labute approximate surface area is 161 Å². The predicted octanol–water partition coefficient (Wildman–Crippen LogP) is 1.65. The third-order valence-corrected chi connectivity index (χ3v) is 4.60. The summed E-state index contributed by atoms with van der Waals surface area (Å²) in [7, 11) is 7.23. The third-order valence-electron chi connectivity index (χ3n) is 4.60. The molecule has 1 heterocycles. The van der Waals surface area contributed by atoms with Gasteiger partial charge in [-0.25, -0.2) is 0 Å². The molecule has 0 atom stereocenters. The lowest BCUT2D eigenvalue weighted by Gasteiger charge is -2.13. The van der Waals surface area contributed by atoms with Crippen LogP contribution in [-0.2, 0) is 20.0 Å². The van der Waals surface area contributed by atoms with Gasteiger partial charge in [0.25, 0.3) is 5.91 Å². The normalized spacial score (nSPS) is 11.4. The van der Waals surface area contributed by atoms with Gasteiger partial charge in [-0.05, 0) is 38.0 Å². The summed E-state index contributed by atoms with van der Waals surface area (Å²) >= 11 is 0. The molecule has 0 bridgehead atoms. The van der Waals surface area contributed by atoms with E-state index >= 15 is 0 Å². The Hall–Kier alpha value is -2.83. The molecule has 0 saturated carbocycles. The fourth-order valence-electron chi connectivity index (χ4n) is 2.91. The van der Waals surface area contributed by atoms with Crippen LogP contribution in [-0.4, -0.2) is 54.2 Å². The maximum absolute atomic E-state index is 12.1. The van der Waals surface area contributed by atoms with Crippen molar-refractivity contribution in [2.24, 2.45) is 12.0 Å². The van der Waals surface area contributed by atoms with Crippen LogP contribution in [0.25, 0.3) is 0 Å². The van der Waals surface area contributed by atoms with Gasteiger partial charge in [0.1, 0.15) is 0 Å². The first-order valence-corrected chi connectivity index (χ1v) is 9.07. The SMILES string of the molecule is CN=C(NCCc1cccc(C(=O)N(C)C)c1)NCc1c(C)nn(C)c1C. The molecule has 0 spiro atoms. The Morgan fingerprint density at radius 2 is 2.00 bits per heavy atom. The summed E-state index contributed by atoms with van der Waals surface area (Å²) in [4.78, 5) is 17.9. The summed E-state index contributed by atoms with van der Waals surface area (Å²) in [6, 6.07) is 7.75. The second-order valence-corrected chi connectivity index (χ2v) is 6.78. The Morgan fingerprint density at radius 3 is 2.59 bits per heavy atom. The molecular weight excluding hydrogens is 340 g/mol. The van der Waals surface area contributed by atoms with E-state index in [0.29, 0.717) is 12.1 Å². The van der Waals surface area contributed by atoms with Gasteiger partial charge in [0, 0.05) is 58.1 Å². The van der Waals surface area contributed by atoms with Crippen LogP contribution in [0.5, 0.6) is 0 Å². The molecular formula is C20H30N6O. The number of aliphatic imine (C=N–C) groups is 1. The molecule has 0 radical (unpaired) electrons. The van der Waals surface area contributed by atoms with Crippen LogP contribution in [0, 0.1) is 13.8 Å². The van der Waals surface area contributed by atoms with E-state index in [2.05, 4.69) is 27.6 Å². The number of nitrogens with one attached hydrogen (secondary N) is 2. The van der Waals surface area contributed by atoms with Crippen LogP contribution in [0.4, 0.5) is 0 Å². The average Bonchev–Trinajstić information content (AvgIpc) is 2.89. The first-order chi connectivity index (χ1) is 12.8. The monoisotopic (exact) mass is 370 g/mol. The molecule has 0 saturated heterocycles. The zero-order chi connectivity index (χ0) is 20.0. The van der Waals surface area contributed by atoms with Crippen molar-refractivity contribution in [3.8, 4) is 0 Å². The molecule has 7 heteroatoms. The molecule has 0 aliphatic rings. The number of hydrogen-bond donors (Lipinski definition) is 2. The quantitative estimate of drug-likeness (QED) is 0.599. The maximum Gasteiger partial charge on any atom is 0.253 e. The summed E-state index contributed by atoms with van der Waals surface area (Å²) in [6.45, 7) is 5.49. The topological polar surface area (TPSA) is 74.6 Å². The molecule has 146 valence electrons. The van der Waals surface area contributed by atoms with Crippen molar-refractivity contribution in [2.45, 2.75) is 26.8 Å². The summed E-state index contributed by atoms with van der Waals surface area (Å²) in [5.74, 6) is 0.766. The lowest BCUT2D eigenvalue weighted by Crippen LogP contribution is -2.38. The number of carbonyl (C=O) groups is 1. The van der Waals surface area contributed by atoms with Crippen molar-refractivity contribution in [3.05, 3.63) is 52.3 Å². The molecule has 2 N–H and O–H groups in total. The van der Waals surface area contributed by atoms with E-state index in [0.717, 1.165) is 35.9 Å². The highest BCUT2D eigenvalue weighted by Crippen LogP contribution is 2.11. The summed E-state index contributed by atoms with van der Waals surface area (Å²) in [6.07, 6.45) is 0.806. The predicted molar refractivity (Wildman–Crippen MR) is 109 cm³/mol. The summed E-state index contributed by atoms with van der Waals surface area (Å²) < 4.78 is 1.89. The van der Waals surface area contributed by atoms with Crippen molar-refractivity contribution in [1.29, 1.82) is 0 Å². The van der Waals surface area contributed by atoms with E-state index in [9.17, 15) is 4.79 Å². The minimum absolute atomic E-state index is 0.0181. The lowest BCUT2D eigenvalue weighted by atomic mass is 10.1. The Kier molecular flexibility index (Phi) is 6.98. The second-order valence-electron chi connectivity index (χ2n) is 6.78. The zero-order valence-corrected chi connectivity index (χ0v) is 17.1. The lowest BCUT2D eigenvalue weighted by molar-refractivity contribution is 0.0827. The van der Waals surface area contributed by atoms with E-state index in [-0.39, 0.29) is 5.91 Å². The molecule has 0 fully saturated rings. The van der Waals surface area contributed by atoms with Crippen molar-refractivity contribution in [2.75, 3.05) is 27.7 Å². The van der Waals surface area contributed by atoms with Crippen LogP contribution < -0.4 is 10.6 Å². The smallest absolute Gasteiger partial charge is 0.253 e. The number of benzene rings is 1. The van der Waals surface area contributed by atoms with Crippen molar-refractivity contribution in [1.82, 2.24) is 25.3 Å². The van der Waals surface area contributed by atoms with E-state index < -0.39 is 0 Å². The van der Waals surface area contributed by atoms with E-state index in [1.807, 2.05) is 42.9 Å². The number of hydrogen-bond acceptors (Lipinski definition) is 3. The molecule has 1 aromatic heterocycles. The number of nitrogens with zero attached hydrogens (tertiary/aromatic N) is 4. The van der Waals surface area contributed by atoms with Crippen molar-refractivity contribution >= 4 is 11.9 Å². The van der Waals surface area contributed by atoms with E-state index in [1.54, 1.807) is 26.0 Å². The van der Waals surface area contributed by atoms with E-state index in [4.69, 9.17) is 0 Å². The van der Waals surface area contributed by atoms with Gasteiger partial charge in [-0.1, -0.05) is 12.1 Å². The molecule has 1 aromatic carbocycles. The summed E-state index contributed by atoms with van der Waals surface area (Å²) in [5.41, 5.74) is 5.20. The molecule has 0 unspecified atom stereocenters.